The van der Waals surface area contributed by atoms with Crippen LogP contribution in [0.1, 0.15) is 24.8 Å². The van der Waals surface area contributed by atoms with E-state index in [4.69, 9.17) is 26.8 Å². The van der Waals surface area contributed by atoms with Crippen molar-refractivity contribution < 1.29 is 14.3 Å². The Bertz CT molecular complexity index is 716. The molecule has 22 heavy (non-hydrogen) atoms. The number of benzene rings is 1. The monoisotopic (exact) mass is 318 g/mol. The molecule has 2 rings (SSSR count). The molecule has 0 aliphatic carbocycles. The van der Waals surface area contributed by atoms with Gasteiger partial charge in [-0.3, -0.25) is 0 Å². The summed E-state index contributed by atoms with van der Waals surface area (Å²) >= 11 is 6.24. The summed E-state index contributed by atoms with van der Waals surface area (Å²) in [7, 11) is 1.28. The molecule has 114 valence electrons. The molecule has 5 nitrogen and oxygen atoms in total. The highest BCUT2D eigenvalue weighted by atomic mass is 35.5. The maximum atomic E-state index is 12.2. The second-order valence-corrected chi connectivity index (χ2v) is 5.04. The van der Waals surface area contributed by atoms with Crippen LogP contribution in [-0.4, -0.2) is 13.1 Å². The molecule has 0 bridgehead atoms. The van der Waals surface area contributed by atoms with Gasteiger partial charge in [0.05, 0.1) is 18.6 Å². The molecular formula is C16H15ClN2O3. The maximum Gasteiger partial charge on any atom is 0.338 e. The third kappa shape index (κ3) is 2.66. The standard InChI is InChI=1S/C16H15ClN2O3/c1-3-12-14(16(20)21-2)13(10(8-18)15(19)22-12)9-6-4-5-7-11(9)17/h4-7,13H,3,19H2,1-2H3/t13-/m1/s1. The van der Waals surface area contributed by atoms with Crippen molar-refractivity contribution in [3.05, 3.63) is 57.6 Å². The maximum absolute atomic E-state index is 12.2. The lowest BCUT2D eigenvalue weighted by Gasteiger charge is -2.28. The van der Waals surface area contributed by atoms with Gasteiger partial charge in [0.15, 0.2) is 0 Å². The van der Waals surface area contributed by atoms with Crippen LogP contribution in [0.3, 0.4) is 0 Å². The molecule has 0 radical (unpaired) electrons. The second-order valence-electron chi connectivity index (χ2n) is 4.63. The van der Waals surface area contributed by atoms with Gasteiger partial charge in [-0.2, -0.15) is 5.26 Å². The fourth-order valence-corrected chi connectivity index (χ4v) is 2.68. The highest BCUT2D eigenvalue weighted by Gasteiger charge is 2.37. The van der Waals surface area contributed by atoms with Crippen molar-refractivity contribution in [3.63, 3.8) is 0 Å². The van der Waals surface area contributed by atoms with Crippen LogP contribution in [0, 0.1) is 11.3 Å². The number of nitrogens with zero attached hydrogens (tertiary/aromatic N) is 1. The van der Waals surface area contributed by atoms with E-state index in [1.54, 1.807) is 24.3 Å². The number of esters is 1. The quantitative estimate of drug-likeness (QED) is 0.866. The number of methoxy groups -OCH3 is 1. The van der Waals surface area contributed by atoms with Gasteiger partial charge in [-0.25, -0.2) is 4.79 Å². The zero-order chi connectivity index (χ0) is 16.3. The molecule has 1 heterocycles. The molecule has 0 unspecified atom stereocenters. The number of carbonyl (C=O) groups excluding carboxylic acids is 1. The minimum Gasteiger partial charge on any atom is -0.466 e. The Morgan fingerprint density at radius 1 is 1.50 bits per heavy atom. The molecule has 0 saturated heterocycles. The average Bonchev–Trinajstić information content (AvgIpc) is 2.53. The van der Waals surface area contributed by atoms with Crippen molar-refractivity contribution >= 4 is 17.6 Å². The van der Waals surface area contributed by atoms with E-state index >= 15 is 0 Å². The molecular weight excluding hydrogens is 304 g/mol. The van der Waals surface area contributed by atoms with E-state index in [0.29, 0.717) is 22.8 Å². The first-order chi connectivity index (χ1) is 10.5. The van der Waals surface area contributed by atoms with E-state index in [-0.39, 0.29) is 17.0 Å². The van der Waals surface area contributed by atoms with E-state index in [2.05, 4.69) is 0 Å². The number of hydrogen-bond acceptors (Lipinski definition) is 5. The zero-order valence-electron chi connectivity index (χ0n) is 12.2. The molecule has 2 N–H and O–H groups in total. The number of nitrogens with two attached hydrogens (primary N) is 1. The van der Waals surface area contributed by atoms with Crippen molar-refractivity contribution in [1.29, 1.82) is 5.26 Å². The molecule has 6 heteroatoms. The van der Waals surface area contributed by atoms with Crippen LogP contribution in [-0.2, 0) is 14.3 Å². The average molecular weight is 319 g/mol. The molecule has 1 aliphatic rings. The fourth-order valence-electron chi connectivity index (χ4n) is 2.43. The first kappa shape index (κ1) is 15.9. The summed E-state index contributed by atoms with van der Waals surface area (Å²) in [5, 5.41) is 9.87. The van der Waals surface area contributed by atoms with Crippen molar-refractivity contribution in [2.75, 3.05) is 7.11 Å². The van der Waals surface area contributed by atoms with Crippen molar-refractivity contribution in [1.82, 2.24) is 0 Å². The van der Waals surface area contributed by atoms with E-state index in [0.717, 1.165) is 0 Å². The predicted molar refractivity (Wildman–Crippen MR) is 81.4 cm³/mol. The summed E-state index contributed by atoms with van der Waals surface area (Å²) in [4.78, 5) is 12.2. The van der Waals surface area contributed by atoms with E-state index in [1.165, 1.54) is 7.11 Å². The van der Waals surface area contributed by atoms with E-state index in [1.807, 2.05) is 13.0 Å². The van der Waals surface area contributed by atoms with Crippen molar-refractivity contribution in [3.8, 4) is 6.07 Å². The molecule has 0 saturated carbocycles. The number of nitriles is 1. The molecule has 0 fully saturated rings. The highest BCUT2D eigenvalue weighted by Crippen LogP contribution is 2.42. The third-order valence-corrected chi connectivity index (χ3v) is 3.78. The molecule has 1 atom stereocenters. The van der Waals surface area contributed by atoms with E-state index in [9.17, 15) is 10.1 Å². The first-order valence-corrected chi connectivity index (χ1v) is 7.06. The Kier molecular flexibility index (Phi) is 4.74. The fraction of sp³-hybridized carbons (Fsp3) is 0.250. The lowest BCUT2D eigenvalue weighted by atomic mass is 9.82. The van der Waals surface area contributed by atoms with Crippen LogP contribution in [0.2, 0.25) is 5.02 Å². The first-order valence-electron chi connectivity index (χ1n) is 6.68. The van der Waals surface area contributed by atoms with Crippen molar-refractivity contribution in [2.45, 2.75) is 19.3 Å². The normalized spacial score (nSPS) is 17.8. The second kappa shape index (κ2) is 6.54. The minimum atomic E-state index is -0.699. The zero-order valence-corrected chi connectivity index (χ0v) is 13.0. The van der Waals surface area contributed by atoms with Gasteiger partial charge in [-0.1, -0.05) is 36.7 Å². The van der Waals surface area contributed by atoms with E-state index < -0.39 is 11.9 Å². The Labute approximate surface area is 133 Å². The molecule has 0 amide bonds. The van der Waals surface area contributed by atoms with Crippen molar-refractivity contribution in [2.24, 2.45) is 5.73 Å². The molecule has 1 aromatic carbocycles. The van der Waals surface area contributed by atoms with Crippen LogP contribution in [0.4, 0.5) is 0 Å². The largest absolute Gasteiger partial charge is 0.466 e. The lowest BCUT2D eigenvalue weighted by Crippen LogP contribution is -2.25. The Morgan fingerprint density at radius 2 is 2.18 bits per heavy atom. The Hall–Kier alpha value is -2.45. The summed E-state index contributed by atoms with van der Waals surface area (Å²) in [6.07, 6.45) is 0.435. The Morgan fingerprint density at radius 3 is 2.73 bits per heavy atom. The smallest absolute Gasteiger partial charge is 0.338 e. The van der Waals surface area contributed by atoms with Crippen LogP contribution < -0.4 is 5.73 Å². The van der Waals surface area contributed by atoms with Crippen LogP contribution in [0.5, 0.6) is 0 Å². The summed E-state index contributed by atoms with van der Waals surface area (Å²) in [5.41, 5.74) is 6.85. The predicted octanol–water partition coefficient (Wildman–Crippen LogP) is 2.98. The number of allylic oxidation sites excluding steroid dienone is 2. The number of rotatable bonds is 3. The van der Waals surface area contributed by atoms with Gasteiger partial charge in [0, 0.05) is 11.4 Å². The van der Waals surface area contributed by atoms with Gasteiger partial charge < -0.3 is 15.2 Å². The number of hydrogen-bond donors (Lipinski definition) is 1. The Balaban J connectivity index is 2.73. The lowest BCUT2D eigenvalue weighted by molar-refractivity contribution is -0.136. The molecule has 1 aliphatic heterocycles. The third-order valence-electron chi connectivity index (χ3n) is 3.44. The number of carbonyl (C=O) groups is 1. The van der Waals surface area contributed by atoms with Gasteiger partial charge in [-0.05, 0) is 11.6 Å². The number of halogens is 1. The molecule has 0 spiro atoms. The summed E-state index contributed by atoms with van der Waals surface area (Å²) < 4.78 is 10.3. The summed E-state index contributed by atoms with van der Waals surface area (Å²) in [5.74, 6) is -0.901. The van der Waals surface area contributed by atoms with Gasteiger partial charge in [-0.15, -0.1) is 0 Å². The molecule has 0 aromatic heterocycles. The van der Waals surface area contributed by atoms with Crippen LogP contribution in [0.15, 0.2) is 47.1 Å². The van der Waals surface area contributed by atoms with Gasteiger partial charge in [0.2, 0.25) is 5.88 Å². The highest BCUT2D eigenvalue weighted by molar-refractivity contribution is 6.31. The van der Waals surface area contributed by atoms with Crippen LogP contribution in [0.25, 0.3) is 0 Å². The summed E-state index contributed by atoms with van der Waals surface area (Å²) in [6, 6.07) is 9.00. The minimum absolute atomic E-state index is 0.0167. The van der Waals surface area contributed by atoms with Gasteiger partial charge in [0.25, 0.3) is 0 Å². The SMILES string of the molecule is CCC1=C(C(=O)OC)[C@H](c2ccccc2Cl)C(C#N)=C(N)O1. The summed E-state index contributed by atoms with van der Waals surface area (Å²) in [6.45, 7) is 1.83. The number of ether oxygens (including phenoxy) is 2. The van der Waals surface area contributed by atoms with Gasteiger partial charge in [0.1, 0.15) is 17.4 Å². The topological polar surface area (TPSA) is 85.3 Å². The van der Waals surface area contributed by atoms with Gasteiger partial charge >= 0.3 is 5.97 Å². The van der Waals surface area contributed by atoms with Crippen LogP contribution >= 0.6 is 11.6 Å². The molecule has 1 aromatic rings.